The summed E-state index contributed by atoms with van der Waals surface area (Å²) in [7, 11) is -5.49. The predicted molar refractivity (Wildman–Crippen MR) is 345 cm³/mol. The van der Waals surface area contributed by atoms with Crippen LogP contribution in [0.25, 0.3) is 0 Å². The number of aliphatic imine (C=N–C) groups is 1. The van der Waals surface area contributed by atoms with Crippen molar-refractivity contribution in [2.24, 2.45) is 33.8 Å². The highest BCUT2D eigenvalue weighted by Gasteiger charge is 2.40. The number of nitrogens with two attached hydrogens (primary N) is 4. The Hall–Kier alpha value is -10.3. The Bertz CT molecular complexity index is 3330. The van der Waals surface area contributed by atoms with Crippen LogP contribution in [0.3, 0.4) is 0 Å². The maximum absolute atomic E-state index is 14.2. The Morgan fingerprint density at radius 1 is 0.582 bits per heavy atom. The number of phosphoric ester groups is 1. The van der Waals surface area contributed by atoms with Crippen LogP contribution in [0.2, 0.25) is 0 Å². The minimum absolute atomic E-state index is 0.0273. The number of benzene rings is 2. The molecule has 0 aromatic heterocycles. The predicted octanol–water partition coefficient (Wildman–Crippen LogP) is -7.01. The van der Waals surface area contributed by atoms with E-state index in [1.165, 1.54) is 68.5 Å². The molecule has 11 atom stereocenters. The number of aliphatic hydroxyl groups excluding tert-OH is 1. The van der Waals surface area contributed by atoms with Gasteiger partial charge in [-0.2, -0.15) is 0 Å². The molecule has 0 bridgehead atoms. The van der Waals surface area contributed by atoms with Crippen LogP contribution in [-0.2, 0) is 89.1 Å². The minimum atomic E-state index is -5.49. The fraction of sp³-hybridized carbons (Fsp3) is 0.508. The van der Waals surface area contributed by atoms with Crippen molar-refractivity contribution in [3.05, 3.63) is 71.4 Å². The fourth-order valence-electron chi connectivity index (χ4n) is 9.36. The lowest BCUT2D eigenvalue weighted by atomic mass is 10.0. The largest absolute Gasteiger partial charge is 0.508 e. The van der Waals surface area contributed by atoms with Gasteiger partial charge in [-0.1, -0.05) is 44.2 Å². The van der Waals surface area contributed by atoms with Gasteiger partial charge in [-0.05, 0) is 94.7 Å². The van der Waals surface area contributed by atoms with E-state index >= 15 is 0 Å². The summed E-state index contributed by atoms with van der Waals surface area (Å²) in [5.74, 6) is -14.9. The van der Waals surface area contributed by atoms with E-state index in [-0.39, 0.29) is 80.7 Å². The van der Waals surface area contributed by atoms with Gasteiger partial charge in [0.1, 0.15) is 77.6 Å². The van der Waals surface area contributed by atoms with E-state index in [4.69, 9.17) is 22.9 Å². The number of guanidine groups is 1. The lowest BCUT2D eigenvalue weighted by Gasteiger charge is -2.29. The van der Waals surface area contributed by atoms with Gasteiger partial charge in [0.2, 0.25) is 70.9 Å². The van der Waals surface area contributed by atoms with Gasteiger partial charge in [0, 0.05) is 32.9 Å². The zero-order valence-corrected chi connectivity index (χ0v) is 55.7. The smallest absolute Gasteiger partial charge is 0.469 e. The zero-order chi connectivity index (χ0) is 73.9. The van der Waals surface area contributed by atoms with Crippen molar-refractivity contribution in [3.63, 3.8) is 0 Å². The van der Waals surface area contributed by atoms with Gasteiger partial charge in [-0.3, -0.25) is 76.6 Å². The van der Waals surface area contributed by atoms with Crippen LogP contribution in [0.1, 0.15) is 91.7 Å². The maximum Gasteiger partial charge on any atom is 0.469 e. The number of nitrogens with one attached hydrogen (secondary N) is 11. The molecule has 0 spiro atoms. The van der Waals surface area contributed by atoms with Crippen molar-refractivity contribution >= 4 is 96.5 Å². The number of aromatic hydroxyl groups is 2. The van der Waals surface area contributed by atoms with Crippen molar-refractivity contribution in [1.82, 2.24) is 63.4 Å². The highest BCUT2D eigenvalue weighted by molar-refractivity contribution is 7.46. The molecule has 0 saturated heterocycles. The molecule has 0 radical (unpaired) electrons. The van der Waals surface area contributed by atoms with Gasteiger partial charge in [0.15, 0.2) is 5.96 Å². The lowest BCUT2D eigenvalue weighted by molar-refractivity contribution is -0.139. The molecule has 1 aliphatic rings. The number of amides is 14. The molecular formula is C59H88N17O21P. The van der Waals surface area contributed by atoms with Crippen molar-refractivity contribution in [3.8, 4) is 11.5 Å². The van der Waals surface area contributed by atoms with E-state index < -0.39 is 177 Å². The summed E-state index contributed by atoms with van der Waals surface area (Å²) in [5, 5.41) is 55.8. The number of phenols is 2. The molecule has 24 N–H and O–H groups in total. The monoisotopic (exact) mass is 1400 g/mol. The molecule has 14 amide bonds. The average molecular weight is 1400 g/mol. The molecule has 0 saturated carbocycles. The molecular weight excluding hydrogens is 1310 g/mol. The SMILES string of the molecule is CC(=O)NC(CC(C)C)C(=O)NC(Cc1ccc(O)cc1)C(=O)NC(CCCN=C(N)N)C(=O)NC(C)C(=O)NC(CC(N)=O)C(=O)NC(C)C(=O)NC(C(=O)NC(CO)C(=O)N1CCC=C1C(=O)NCC(=O)NC(Cc1ccc(O)cc1)C(=O)NC(C)C(N)=O)C(C)OP(=O)(O)O. The van der Waals surface area contributed by atoms with E-state index in [0.717, 1.165) is 25.7 Å². The van der Waals surface area contributed by atoms with Crippen molar-refractivity contribution in [1.29, 1.82) is 0 Å². The number of rotatable bonds is 39. The molecule has 1 aliphatic heterocycles. The first-order valence-corrected chi connectivity index (χ1v) is 32.1. The summed E-state index contributed by atoms with van der Waals surface area (Å²) in [6.07, 6.45) is -1.92. The number of aliphatic hydroxyl groups is 1. The first-order chi connectivity index (χ1) is 45.8. The number of carbonyl (C=O) groups excluding carboxylic acids is 14. The van der Waals surface area contributed by atoms with Crippen molar-refractivity contribution in [2.45, 2.75) is 160 Å². The second-order valence-corrected chi connectivity index (χ2v) is 24.4. The number of hydrogen-bond donors (Lipinski definition) is 20. The van der Waals surface area contributed by atoms with Crippen LogP contribution in [0, 0.1) is 5.92 Å². The molecule has 0 aliphatic carbocycles. The van der Waals surface area contributed by atoms with Gasteiger partial charge in [-0.15, -0.1) is 0 Å². The fourth-order valence-corrected chi connectivity index (χ4v) is 9.91. The van der Waals surface area contributed by atoms with Crippen LogP contribution < -0.4 is 81.4 Å². The molecule has 540 valence electrons. The minimum Gasteiger partial charge on any atom is -0.508 e. The number of nitrogens with zero attached hydrogens (tertiary/aromatic N) is 2. The summed E-state index contributed by atoms with van der Waals surface area (Å²) in [6, 6.07) is -4.67. The molecule has 38 nitrogen and oxygen atoms in total. The Kier molecular flexibility index (Phi) is 32.6. The molecule has 3 rings (SSSR count). The van der Waals surface area contributed by atoms with Gasteiger partial charge in [-0.25, -0.2) is 4.57 Å². The maximum atomic E-state index is 14.2. The summed E-state index contributed by atoms with van der Waals surface area (Å²) >= 11 is 0. The average Bonchev–Trinajstić information content (AvgIpc) is 1.66. The second kappa shape index (κ2) is 39.0. The third-order valence-electron chi connectivity index (χ3n) is 14.4. The van der Waals surface area contributed by atoms with Crippen LogP contribution >= 0.6 is 7.82 Å². The van der Waals surface area contributed by atoms with E-state index in [1.807, 2.05) is 0 Å². The molecule has 0 fully saturated rings. The standard InChI is InChI=1S/C59H88N17O21P/c1-28(2)22-39(69-33(7)78)54(89)73-41(24-35-14-18-37(80)19-15-35)55(90)71-38(10-8-20-64-59(62)63)51(86)67-30(4)49(84)72-42(25-45(60)81)53(88)68-31(5)50(85)75-47(32(6)97-98(94,95)96)57(92)74-43(27-77)58(93)76-21-9-11-44(76)56(91)65-26-46(82)70-40(52(87)66-29(3)48(61)83)23-34-12-16-36(79)17-13-34/h11-19,28-32,38-43,47,77,79-80H,8-10,20-27H2,1-7H3,(H2,60,81)(H2,61,83)(H,65,91)(H,66,87)(H,67,86)(H,68,88)(H,69,78)(H,70,82)(H,71,90)(H,72,84)(H,73,89)(H,74,92)(H,75,85)(H4,62,63,64)(H2,94,95,96). The van der Waals surface area contributed by atoms with E-state index in [2.05, 4.69) is 68.0 Å². The zero-order valence-electron chi connectivity index (χ0n) is 54.8. The number of phosphoric acid groups is 1. The number of hydrogen-bond acceptors (Lipinski definition) is 20. The van der Waals surface area contributed by atoms with Crippen LogP contribution in [0.5, 0.6) is 11.5 Å². The van der Waals surface area contributed by atoms with Crippen molar-refractivity contribution in [2.75, 3.05) is 26.2 Å². The Morgan fingerprint density at radius 2 is 1.05 bits per heavy atom. The quantitative estimate of drug-likeness (QED) is 0.0128. The van der Waals surface area contributed by atoms with Crippen LogP contribution in [-0.4, -0.2) is 211 Å². The van der Waals surface area contributed by atoms with Gasteiger partial charge in [0.25, 0.3) is 11.8 Å². The number of carbonyl (C=O) groups is 14. The Balaban J connectivity index is 1.78. The first-order valence-electron chi connectivity index (χ1n) is 30.6. The van der Waals surface area contributed by atoms with Crippen LogP contribution in [0.15, 0.2) is 65.3 Å². The number of primary amides is 2. The molecule has 2 aromatic carbocycles. The molecule has 98 heavy (non-hydrogen) atoms. The molecule has 1 heterocycles. The van der Waals surface area contributed by atoms with E-state index in [0.29, 0.717) is 11.1 Å². The van der Waals surface area contributed by atoms with Gasteiger partial charge < -0.3 is 111 Å². The third kappa shape index (κ3) is 28.6. The summed E-state index contributed by atoms with van der Waals surface area (Å²) in [6.45, 7) is 6.93. The topological polar surface area (TPSA) is 618 Å². The third-order valence-corrected chi connectivity index (χ3v) is 15.0. The molecule has 11 unspecified atom stereocenters. The lowest BCUT2D eigenvalue weighted by Crippen LogP contribution is -2.61. The van der Waals surface area contributed by atoms with Gasteiger partial charge >= 0.3 is 7.82 Å². The highest BCUT2D eigenvalue weighted by atomic mass is 31.2. The second-order valence-electron chi connectivity index (χ2n) is 23.2. The number of phenolic OH excluding ortho intramolecular Hbond substituents is 2. The first kappa shape index (κ1) is 81.9. The van der Waals surface area contributed by atoms with E-state index in [1.54, 1.807) is 13.8 Å². The summed E-state index contributed by atoms with van der Waals surface area (Å²) in [4.78, 5) is 211. The van der Waals surface area contributed by atoms with Crippen LogP contribution in [0.4, 0.5) is 0 Å². The summed E-state index contributed by atoms with van der Waals surface area (Å²) in [5.41, 5.74) is 22.2. The Labute approximate surface area is 562 Å². The summed E-state index contributed by atoms with van der Waals surface area (Å²) < 4.78 is 16.7. The van der Waals surface area contributed by atoms with E-state index in [9.17, 15) is 96.8 Å². The van der Waals surface area contributed by atoms with Gasteiger partial charge in [0.05, 0.1) is 25.7 Å². The Morgan fingerprint density at radius 3 is 1.55 bits per heavy atom. The normalized spacial score (nSPS) is 15.3. The molecule has 2 aromatic rings. The highest BCUT2D eigenvalue weighted by Crippen LogP contribution is 2.38. The van der Waals surface area contributed by atoms with Crippen molar-refractivity contribution < 1.29 is 101 Å². The molecule has 39 heteroatoms.